The van der Waals surface area contributed by atoms with Gasteiger partial charge >= 0.3 is 0 Å². The third kappa shape index (κ3) is 3.76. The number of nitrogens with two attached hydrogens (primary N) is 1. The first kappa shape index (κ1) is 15.8. The molecule has 2 atom stereocenters. The Hall–Kier alpha value is -0.550. The largest absolute Gasteiger partial charge is 0.483 e. The maximum Gasteiger partial charge on any atom is 0.148 e. The minimum absolute atomic E-state index is 0.0666. The predicted molar refractivity (Wildman–Crippen MR) is 89.8 cm³/mol. The Bertz CT molecular complexity index is 587. The average Bonchev–Trinajstić information content (AvgIpc) is 2.85. The zero-order valence-electron chi connectivity index (χ0n) is 11.4. The molecule has 0 spiro atoms. The number of aryl methyl sites for hydroxylation is 1. The maximum atomic E-state index is 6.22. The smallest absolute Gasteiger partial charge is 0.148 e. The third-order valence-electron chi connectivity index (χ3n) is 3.14. The van der Waals surface area contributed by atoms with Crippen LogP contribution in [0.3, 0.4) is 0 Å². The molecule has 2 nitrogen and oxygen atoms in total. The lowest BCUT2D eigenvalue weighted by atomic mass is 10.1. The van der Waals surface area contributed by atoms with Crippen molar-refractivity contribution in [3.05, 3.63) is 49.6 Å². The highest BCUT2D eigenvalue weighted by atomic mass is 79.9. The summed E-state index contributed by atoms with van der Waals surface area (Å²) < 4.78 is 7.92. The van der Waals surface area contributed by atoms with E-state index >= 15 is 0 Å². The first-order valence-corrected chi connectivity index (χ1v) is 8.43. The molecule has 0 bridgehead atoms. The molecule has 1 heterocycles. The van der Waals surface area contributed by atoms with Crippen LogP contribution in [0.1, 0.15) is 29.9 Å². The fraction of sp³-hybridized carbons (Fsp3) is 0.333. The quantitative estimate of drug-likeness (QED) is 0.767. The normalized spacial score (nSPS) is 14.1. The van der Waals surface area contributed by atoms with Crippen molar-refractivity contribution < 1.29 is 4.74 Å². The second kappa shape index (κ2) is 6.94. The van der Waals surface area contributed by atoms with Crippen molar-refractivity contribution in [1.29, 1.82) is 0 Å². The third-order valence-corrected chi connectivity index (χ3v) is 4.92. The van der Waals surface area contributed by atoms with Crippen LogP contribution in [-0.2, 0) is 0 Å². The van der Waals surface area contributed by atoms with Crippen molar-refractivity contribution in [3.63, 3.8) is 0 Å². The van der Waals surface area contributed by atoms with Gasteiger partial charge in [0.1, 0.15) is 11.9 Å². The van der Waals surface area contributed by atoms with Gasteiger partial charge in [-0.25, -0.2) is 0 Å². The molecule has 0 aliphatic rings. The fourth-order valence-corrected chi connectivity index (χ4v) is 3.40. The van der Waals surface area contributed by atoms with Gasteiger partial charge in [-0.15, -0.1) is 11.3 Å². The van der Waals surface area contributed by atoms with Crippen LogP contribution in [-0.4, -0.2) is 6.04 Å². The van der Waals surface area contributed by atoms with E-state index in [1.165, 1.54) is 11.3 Å². The zero-order valence-corrected chi connectivity index (χ0v) is 14.6. The van der Waals surface area contributed by atoms with Gasteiger partial charge in [0.15, 0.2) is 0 Å². The Morgan fingerprint density at radius 2 is 2.10 bits per heavy atom. The summed E-state index contributed by atoms with van der Waals surface area (Å²) in [6, 6.07) is 9.80. The molecule has 5 heteroatoms. The molecule has 0 radical (unpaired) electrons. The molecule has 0 saturated heterocycles. The summed E-state index contributed by atoms with van der Waals surface area (Å²) in [4.78, 5) is 1.06. The topological polar surface area (TPSA) is 35.2 Å². The summed E-state index contributed by atoms with van der Waals surface area (Å²) in [7, 11) is 0. The van der Waals surface area contributed by atoms with Gasteiger partial charge in [0.25, 0.3) is 0 Å². The van der Waals surface area contributed by atoms with Gasteiger partial charge < -0.3 is 10.5 Å². The Morgan fingerprint density at radius 1 is 1.35 bits per heavy atom. The summed E-state index contributed by atoms with van der Waals surface area (Å²) in [5.74, 6) is 0.845. The summed E-state index contributed by atoms with van der Waals surface area (Å²) in [6.45, 7) is 4.09. The van der Waals surface area contributed by atoms with Gasteiger partial charge in [0.2, 0.25) is 0 Å². The molecule has 108 valence electrons. The minimum atomic E-state index is -0.175. The number of halogens is 2. The number of hydrogen-bond acceptors (Lipinski definition) is 3. The van der Waals surface area contributed by atoms with Crippen molar-refractivity contribution >= 4 is 38.9 Å². The van der Waals surface area contributed by atoms with Crippen LogP contribution in [0.15, 0.2) is 34.8 Å². The molecule has 2 aromatic rings. The van der Waals surface area contributed by atoms with Crippen LogP contribution in [0.2, 0.25) is 4.34 Å². The molecule has 0 aliphatic heterocycles. The summed E-state index contributed by atoms with van der Waals surface area (Å²) >= 11 is 11.0. The van der Waals surface area contributed by atoms with Crippen LogP contribution < -0.4 is 10.5 Å². The molecule has 0 aliphatic carbocycles. The van der Waals surface area contributed by atoms with E-state index in [2.05, 4.69) is 22.9 Å². The number of thiophene rings is 1. The lowest BCUT2D eigenvalue weighted by Gasteiger charge is -2.24. The molecule has 0 fully saturated rings. The van der Waals surface area contributed by atoms with Crippen LogP contribution >= 0.6 is 38.9 Å². The van der Waals surface area contributed by atoms with Crippen molar-refractivity contribution in [2.45, 2.75) is 32.4 Å². The SMILES string of the molecule is CCC(N)C(Oc1cc(Br)ccc1C)c1ccc(Cl)s1. The average molecular weight is 375 g/mol. The first-order chi connectivity index (χ1) is 9.51. The molecule has 2 N–H and O–H groups in total. The molecule has 0 saturated carbocycles. The van der Waals surface area contributed by atoms with Gasteiger partial charge in [-0.2, -0.15) is 0 Å². The molecular formula is C15H17BrClNOS. The molecule has 0 amide bonds. The van der Waals surface area contributed by atoms with Crippen molar-refractivity contribution in [2.75, 3.05) is 0 Å². The van der Waals surface area contributed by atoms with Gasteiger partial charge in [-0.05, 0) is 43.2 Å². The highest BCUT2D eigenvalue weighted by molar-refractivity contribution is 9.10. The van der Waals surface area contributed by atoms with E-state index in [-0.39, 0.29) is 12.1 Å². The Labute approximate surface area is 137 Å². The molecular weight excluding hydrogens is 358 g/mol. The van der Waals surface area contributed by atoms with Crippen molar-refractivity contribution in [2.24, 2.45) is 5.73 Å². The van der Waals surface area contributed by atoms with Crippen LogP contribution in [0, 0.1) is 6.92 Å². The standard InChI is InChI=1S/C15H17BrClNOS/c1-3-11(18)15(13-6-7-14(17)20-13)19-12-8-10(16)5-4-9(12)2/h4-8,11,15H,3,18H2,1-2H3. The van der Waals surface area contributed by atoms with E-state index in [9.17, 15) is 0 Å². The number of rotatable bonds is 5. The maximum absolute atomic E-state index is 6.22. The molecule has 1 aromatic heterocycles. The summed E-state index contributed by atoms with van der Waals surface area (Å²) in [6.07, 6.45) is 0.665. The number of ether oxygens (including phenoxy) is 1. The van der Waals surface area contributed by atoms with Crippen LogP contribution in [0.5, 0.6) is 5.75 Å². The fourth-order valence-electron chi connectivity index (χ4n) is 1.89. The van der Waals surface area contributed by atoms with Crippen LogP contribution in [0.25, 0.3) is 0 Å². The van der Waals surface area contributed by atoms with E-state index in [4.69, 9.17) is 22.1 Å². The zero-order chi connectivity index (χ0) is 14.7. The highest BCUT2D eigenvalue weighted by Gasteiger charge is 2.23. The molecule has 2 rings (SSSR count). The molecule has 20 heavy (non-hydrogen) atoms. The van der Waals surface area contributed by atoms with E-state index < -0.39 is 0 Å². The Balaban J connectivity index is 2.30. The Morgan fingerprint density at radius 3 is 2.70 bits per heavy atom. The lowest BCUT2D eigenvalue weighted by Crippen LogP contribution is -2.31. The predicted octanol–water partition coefficient (Wildman–Crippen LogP) is 5.33. The summed E-state index contributed by atoms with van der Waals surface area (Å²) in [5, 5.41) is 0. The second-order valence-corrected chi connectivity index (χ2v) is 7.32. The monoisotopic (exact) mass is 373 g/mol. The lowest BCUT2D eigenvalue weighted by molar-refractivity contribution is 0.173. The van der Waals surface area contributed by atoms with E-state index in [1.54, 1.807) is 0 Å². The van der Waals surface area contributed by atoms with E-state index in [0.29, 0.717) is 0 Å². The van der Waals surface area contributed by atoms with Crippen molar-refractivity contribution in [1.82, 2.24) is 0 Å². The molecule has 2 unspecified atom stereocenters. The minimum Gasteiger partial charge on any atom is -0.483 e. The highest BCUT2D eigenvalue weighted by Crippen LogP contribution is 2.34. The number of hydrogen-bond donors (Lipinski definition) is 1. The van der Waals surface area contributed by atoms with Crippen molar-refractivity contribution in [3.8, 4) is 5.75 Å². The van der Waals surface area contributed by atoms with Gasteiger partial charge in [0.05, 0.1) is 4.34 Å². The van der Waals surface area contributed by atoms with E-state index in [0.717, 1.165) is 31.4 Å². The first-order valence-electron chi connectivity index (χ1n) is 6.45. The van der Waals surface area contributed by atoms with Crippen LogP contribution in [0.4, 0.5) is 0 Å². The van der Waals surface area contributed by atoms with E-state index in [1.807, 2.05) is 37.3 Å². The summed E-state index contributed by atoms with van der Waals surface area (Å²) in [5.41, 5.74) is 7.31. The second-order valence-electron chi connectivity index (χ2n) is 4.66. The van der Waals surface area contributed by atoms with Gasteiger partial charge in [-0.3, -0.25) is 0 Å². The molecule has 1 aromatic carbocycles. The number of benzene rings is 1. The van der Waals surface area contributed by atoms with Gasteiger partial charge in [-0.1, -0.05) is 40.5 Å². The Kier molecular flexibility index (Phi) is 5.49. The van der Waals surface area contributed by atoms with Gasteiger partial charge in [0, 0.05) is 15.4 Å².